The van der Waals surface area contributed by atoms with Gasteiger partial charge in [-0.2, -0.15) is 13.2 Å². The topological polar surface area (TPSA) is 84.4 Å². The smallest absolute Gasteiger partial charge is 0.354 e. The van der Waals surface area contributed by atoms with Crippen molar-refractivity contribution in [2.45, 2.75) is 12.7 Å². The summed E-state index contributed by atoms with van der Waals surface area (Å²) in [6, 6.07) is 12.4. The normalized spacial score (nSPS) is 11.8. The second-order valence-corrected chi connectivity index (χ2v) is 8.63. The molecule has 2 aromatic carbocycles. The van der Waals surface area contributed by atoms with Gasteiger partial charge in [-0.15, -0.1) is 0 Å². The van der Waals surface area contributed by atoms with Crippen LogP contribution in [0.5, 0.6) is 0 Å². The molecule has 0 saturated carbocycles. The van der Waals surface area contributed by atoms with Gasteiger partial charge in [0.05, 0.1) is 11.1 Å². The molecule has 7 nitrogen and oxygen atoms in total. The van der Waals surface area contributed by atoms with Crippen LogP contribution in [0.4, 0.5) is 22.0 Å². The average Bonchev–Trinajstić information content (AvgIpc) is 3.57. The minimum atomic E-state index is -4.63. The van der Waals surface area contributed by atoms with Gasteiger partial charge >= 0.3 is 6.18 Å². The van der Waals surface area contributed by atoms with Crippen LogP contribution in [0.25, 0.3) is 44.8 Å². The van der Waals surface area contributed by atoms with Crippen molar-refractivity contribution in [2.24, 2.45) is 0 Å². The second-order valence-electron chi connectivity index (χ2n) is 8.63. The lowest BCUT2D eigenvalue weighted by Crippen LogP contribution is -2.37. The standard InChI is InChI=1S/C27H15F5N6O/c28-21-3-1-2-19(25(21)29)26-35-23-12-34-38(14-24(23)36-26)13-17-11-22(37-39-17)18-5-4-16(10-20(18)27(30,31)32)15-6-8-33-9-7-15/h1-12,14H,13H2/p+1. The molecule has 4 aromatic heterocycles. The van der Waals surface area contributed by atoms with Crippen LogP contribution in [0.1, 0.15) is 11.3 Å². The molecule has 0 aliphatic heterocycles. The molecule has 0 aliphatic carbocycles. The Labute approximate surface area is 216 Å². The third-order valence-electron chi connectivity index (χ3n) is 6.07. The highest BCUT2D eigenvalue weighted by molar-refractivity contribution is 5.77. The van der Waals surface area contributed by atoms with Gasteiger partial charge in [0.25, 0.3) is 0 Å². The van der Waals surface area contributed by atoms with E-state index in [4.69, 9.17) is 4.52 Å². The summed E-state index contributed by atoms with van der Waals surface area (Å²) >= 11 is 0. The SMILES string of the molecule is Fc1cccc(-c2nc3cn[n+](Cc4cc(-c5ccc(-c6ccncc6)cc5C(F)(F)F)no4)cc3[nH]2)c1F. The highest BCUT2D eigenvalue weighted by atomic mass is 19.4. The lowest BCUT2D eigenvalue weighted by Gasteiger charge is -2.13. The number of hydrogen-bond donors (Lipinski definition) is 1. The number of nitrogens with zero attached hydrogens (tertiary/aromatic N) is 5. The number of nitrogens with one attached hydrogen (secondary N) is 1. The van der Waals surface area contributed by atoms with E-state index in [1.165, 1.54) is 47.5 Å². The fourth-order valence-electron chi connectivity index (χ4n) is 4.21. The van der Waals surface area contributed by atoms with Gasteiger partial charge in [-0.25, -0.2) is 13.8 Å². The Hall–Kier alpha value is -5.00. The number of rotatable bonds is 5. The van der Waals surface area contributed by atoms with Gasteiger partial charge in [0.1, 0.15) is 28.7 Å². The van der Waals surface area contributed by atoms with Gasteiger partial charge in [-0.1, -0.05) is 28.0 Å². The molecule has 0 aliphatic rings. The van der Waals surface area contributed by atoms with Crippen LogP contribution in [0.15, 0.2) is 83.9 Å². The van der Waals surface area contributed by atoms with Crippen LogP contribution in [-0.4, -0.2) is 25.2 Å². The monoisotopic (exact) mass is 535 g/mol. The fraction of sp³-hybridized carbons (Fsp3) is 0.0741. The number of hydrogen-bond acceptors (Lipinski definition) is 5. The van der Waals surface area contributed by atoms with Crippen molar-refractivity contribution in [1.29, 1.82) is 0 Å². The number of pyridine rings is 1. The number of fused-ring (bicyclic) bond motifs is 1. The average molecular weight is 535 g/mol. The lowest BCUT2D eigenvalue weighted by molar-refractivity contribution is -0.746. The predicted molar refractivity (Wildman–Crippen MR) is 129 cm³/mol. The molecule has 0 atom stereocenters. The lowest BCUT2D eigenvalue weighted by atomic mass is 9.97. The number of H-pyrrole nitrogens is 1. The van der Waals surface area contributed by atoms with Crippen molar-refractivity contribution in [3.05, 3.63) is 102 Å². The van der Waals surface area contributed by atoms with E-state index in [-0.39, 0.29) is 35.0 Å². The molecule has 0 fully saturated rings. The summed E-state index contributed by atoms with van der Waals surface area (Å²) in [5, 5.41) is 8.09. The van der Waals surface area contributed by atoms with Gasteiger partial charge in [-0.05, 0) is 46.6 Å². The molecule has 0 radical (unpaired) electrons. The molecule has 12 heteroatoms. The van der Waals surface area contributed by atoms with Gasteiger partial charge in [0.15, 0.2) is 11.6 Å². The summed E-state index contributed by atoms with van der Waals surface area (Å²) in [7, 11) is 0. The first kappa shape index (κ1) is 24.3. The summed E-state index contributed by atoms with van der Waals surface area (Å²) < 4.78 is 76.5. The molecular weight excluding hydrogens is 519 g/mol. The number of alkyl halides is 3. The summed E-state index contributed by atoms with van der Waals surface area (Å²) in [6.07, 6.45) is 1.37. The summed E-state index contributed by atoms with van der Waals surface area (Å²) in [5.74, 6) is -1.65. The highest BCUT2D eigenvalue weighted by Gasteiger charge is 2.35. The first-order valence-corrected chi connectivity index (χ1v) is 11.5. The third-order valence-corrected chi connectivity index (χ3v) is 6.07. The number of benzene rings is 2. The van der Waals surface area contributed by atoms with Crippen LogP contribution in [-0.2, 0) is 12.7 Å². The Morgan fingerprint density at radius 2 is 1.74 bits per heavy atom. The fourth-order valence-corrected chi connectivity index (χ4v) is 4.21. The van der Waals surface area contributed by atoms with E-state index < -0.39 is 23.4 Å². The van der Waals surface area contributed by atoms with Crippen LogP contribution >= 0.6 is 0 Å². The zero-order chi connectivity index (χ0) is 27.1. The van der Waals surface area contributed by atoms with Crippen molar-refractivity contribution in [3.8, 4) is 33.8 Å². The van der Waals surface area contributed by atoms with Crippen molar-refractivity contribution < 1.29 is 31.2 Å². The predicted octanol–water partition coefficient (Wildman–Crippen LogP) is 5.97. The molecular formula is C27H16F5N6O+. The molecule has 4 heterocycles. The Kier molecular flexibility index (Phi) is 5.86. The third kappa shape index (κ3) is 4.72. The molecule has 6 rings (SSSR count). The molecule has 0 bridgehead atoms. The van der Waals surface area contributed by atoms with E-state index in [2.05, 4.69) is 25.2 Å². The Morgan fingerprint density at radius 3 is 2.54 bits per heavy atom. The first-order valence-electron chi connectivity index (χ1n) is 11.5. The number of aromatic amines is 1. The minimum absolute atomic E-state index is 0.0192. The zero-order valence-electron chi connectivity index (χ0n) is 19.7. The summed E-state index contributed by atoms with van der Waals surface area (Å²) in [6.45, 7) is 0.0437. The van der Waals surface area contributed by atoms with Gasteiger partial charge < -0.3 is 9.51 Å². The van der Waals surface area contributed by atoms with Crippen LogP contribution in [0.2, 0.25) is 0 Å². The highest BCUT2D eigenvalue weighted by Crippen LogP contribution is 2.39. The maximum Gasteiger partial charge on any atom is 0.417 e. The Balaban J connectivity index is 1.29. The molecule has 0 saturated heterocycles. The maximum absolute atomic E-state index is 14.2. The van der Waals surface area contributed by atoms with Crippen LogP contribution in [0.3, 0.4) is 0 Å². The van der Waals surface area contributed by atoms with Crippen molar-refractivity contribution in [2.75, 3.05) is 0 Å². The summed E-state index contributed by atoms with van der Waals surface area (Å²) in [5.41, 5.74) is 0.892. The molecule has 0 unspecified atom stereocenters. The van der Waals surface area contributed by atoms with E-state index in [0.717, 1.165) is 12.1 Å². The quantitative estimate of drug-likeness (QED) is 0.217. The molecule has 6 aromatic rings. The van der Waals surface area contributed by atoms with Gasteiger partial charge in [0.2, 0.25) is 18.5 Å². The van der Waals surface area contributed by atoms with Crippen molar-refractivity contribution in [1.82, 2.24) is 25.2 Å². The Morgan fingerprint density at radius 1 is 0.923 bits per heavy atom. The first-order chi connectivity index (χ1) is 18.8. The molecule has 194 valence electrons. The van der Waals surface area contributed by atoms with E-state index in [0.29, 0.717) is 22.2 Å². The van der Waals surface area contributed by atoms with Crippen molar-refractivity contribution in [3.63, 3.8) is 0 Å². The van der Waals surface area contributed by atoms with Gasteiger partial charge in [-0.3, -0.25) is 4.98 Å². The maximum atomic E-state index is 14.2. The number of aromatic nitrogens is 6. The van der Waals surface area contributed by atoms with Crippen molar-refractivity contribution >= 4 is 11.0 Å². The van der Waals surface area contributed by atoms with E-state index in [1.54, 1.807) is 24.4 Å². The zero-order valence-corrected chi connectivity index (χ0v) is 19.7. The second kappa shape index (κ2) is 9.39. The van der Waals surface area contributed by atoms with Crippen LogP contribution < -0.4 is 4.68 Å². The largest absolute Gasteiger partial charge is 0.417 e. The Bertz CT molecular complexity index is 1810. The molecule has 0 spiro atoms. The summed E-state index contributed by atoms with van der Waals surface area (Å²) in [4.78, 5) is 11.1. The minimum Gasteiger partial charge on any atom is -0.354 e. The number of imidazole rings is 1. The molecule has 39 heavy (non-hydrogen) atoms. The van der Waals surface area contributed by atoms with E-state index in [9.17, 15) is 22.0 Å². The van der Waals surface area contributed by atoms with E-state index >= 15 is 0 Å². The van der Waals surface area contributed by atoms with Crippen LogP contribution in [0, 0.1) is 11.6 Å². The van der Waals surface area contributed by atoms with Gasteiger partial charge in [0, 0.05) is 24.0 Å². The number of halogens is 5. The molecule has 1 N–H and O–H groups in total. The van der Waals surface area contributed by atoms with E-state index in [1.807, 2.05) is 0 Å². The molecule has 0 amide bonds.